The van der Waals surface area contributed by atoms with Gasteiger partial charge in [0.25, 0.3) is 11.8 Å². The molecule has 1 aromatic heterocycles. The van der Waals surface area contributed by atoms with E-state index in [-0.39, 0.29) is 53.0 Å². The van der Waals surface area contributed by atoms with Crippen LogP contribution >= 0.6 is 0 Å². The molecule has 4 heterocycles. The lowest BCUT2D eigenvalue weighted by molar-refractivity contribution is -0.136. The highest BCUT2D eigenvalue weighted by Gasteiger charge is 2.39. The number of nitrogens with two attached hydrogens (primary N) is 1. The lowest BCUT2D eigenvalue weighted by Gasteiger charge is -2.29. The molecule has 14 nitrogen and oxygen atoms in total. The Labute approximate surface area is 306 Å². The number of imide groups is 1. The number of benzene rings is 3. The molecule has 4 amide bonds. The topological polar surface area (TPSA) is 201 Å². The SMILES string of the molecule is CCNC(=O)c1noc(-c2cc(C(C)C)c(O)cc2O)c1-c1ccc(CN2CCOCC2)cc1.Nc1cccc2c1CN(C1CCC(=O)NC1=O)C2=O. The predicted molar refractivity (Wildman–Crippen MR) is 196 cm³/mol. The van der Waals surface area contributed by atoms with Crippen LogP contribution in [0.25, 0.3) is 22.5 Å². The molecule has 0 radical (unpaired) electrons. The molecule has 0 spiro atoms. The quantitative estimate of drug-likeness (QED) is 0.129. The largest absolute Gasteiger partial charge is 0.508 e. The van der Waals surface area contributed by atoms with E-state index in [0.29, 0.717) is 47.5 Å². The maximum absolute atomic E-state index is 12.8. The molecule has 3 aliphatic heterocycles. The molecule has 278 valence electrons. The number of fused-ring (bicyclic) bond motifs is 1. The third-order valence-electron chi connectivity index (χ3n) is 9.63. The molecule has 0 aliphatic carbocycles. The molecular weight excluding hydrogens is 680 g/mol. The van der Waals surface area contributed by atoms with Gasteiger partial charge in [0.1, 0.15) is 17.5 Å². The average Bonchev–Trinajstić information content (AvgIpc) is 3.72. The van der Waals surface area contributed by atoms with Gasteiger partial charge in [0.05, 0.1) is 24.3 Å². The zero-order valence-electron chi connectivity index (χ0n) is 30.0. The molecule has 0 bridgehead atoms. The Morgan fingerprint density at radius 2 is 1.77 bits per heavy atom. The first-order chi connectivity index (χ1) is 25.5. The number of aromatic hydroxyl groups is 2. The van der Waals surface area contributed by atoms with Crippen molar-refractivity contribution in [3.63, 3.8) is 0 Å². The first-order valence-corrected chi connectivity index (χ1v) is 17.7. The number of amides is 4. The van der Waals surface area contributed by atoms with E-state index in [0.717, 1.165) is 49.5 Å². The summed E-state index contributed by atoms with van der Waals surface area (Å²) in [6.45, 7) is 10.6. The predicted octanol–water partition coefficient (Wildman–Crippen LogP) is 4.15. The van der Waals surface area contributed by atoms with Crippen LogP contribution in [-0.2, 0) is 27.4 Å². The van der Waals surface area contributed by atoms with Crippen molar-refractivity contribution in [3.8, 4) is 33.9 Å². The Morgan fingerprint density at radius 1 is 1.04 bits per heavy atom. The van der Waals surface area contributed by atoms with Crippen molar-refractivity contribution < 1.29 is 38.7 Å². The van der Waals surface area contributed by atoms with Crippen LogP contribution in [0.1, 0.15) is 77.1 Å². The number of aromatic nitrogens is 1. The molecule has 3 aromatic carbocycles. The fourth-order valence-electron chi connectivity index (χ4n) is 6.78. The fourth-order valence-corrected chi connectivity index (χ4v) is 6.78. The van der Waals surface area contributed by atoms with Gasteiger partial charge in [-0.1, -0.05) is 49.3 Å². The molecule has 4 aromatic rings. The number of carbonyl (C=O) groups is 4. The van der Waals surface area contributed by atoms with Crippen molar-refractivity contribution in [1.82, 2.24) is 25.6 Å². The van der Waals surface area contributed by atoms with Crippen molar-refractivity contribution in [1.29, 1.82) is 0 Å². The van der Waals surface area contributed by atoms with E-state index in [2.05, 4.69) is 20.7 Å². The number of phenolic OH excluding ortho intramolecular Hbond substituents is 2. The second kappa shape index (κ2) is 15.9. The molecule has 0 saturated carbocycles. The Balaban J connectivity index is 0.000000213. The van der Waals surface area contributed by atoms with Gasteiger partial charge in [0.15, 0.2) is 11.5 Å². The molecule has 2 fully saturated rings. The summed E-state index contributed by atoms with van der Waals surface area (Å²) in [5, 5.41) is 30.0. The van der Waals surface area contributed by atoms with Crippen molar-refractivity contribution in [2.24, 2.45) is 0 Å². The zero-order chi connectivity index (χ0) is 37.8. The average molecular weight is 725 g/mol. The minimum absolute atomic E-state index is 0.00808. The molecule has 1 unspecified atom stereocenters. The van der Waals surface area contributed by atoms with E-state index >= 15 is 0 Å². The van der Waals surface area contributed by atoms with E-state index in [1.54, 1.807) is 24.3 Å². The van der Waals surface area contributed by atoms with Crippen LogP contribution in [0.3, 0.4) is 0 Å². The number of morpholine rings is 1. The summed E-state index contributed by atoms with van der Waals surface area (Å²) in [6, 6.07) is 15.5. The van der Waals surface area contributed by atoms with Gasteiger partial charge < -0.3 is 35.4 Å². The van der Waals surface area contributed by atoms with Crippen molar-refractivity contribution in [3.05, 3.63) is 82.5 Å². The summed E-state index contributed by atoms with van der Waals surface area (Å²) >= 11 is 0. The normalized spacial score (nSPS) is 17.3. The van der Waals surface area contributed by atoms with Gasteiger partial charge in [-0.05, 0) is 54.2 Å². The summed E-state index contributed by atoms with van der Waals surface area (Å²) in [6.07, 6.45) is 0.621. The van der Waals surface area contributed by atoms with Crippen LogP contribution in [0.2, 0.25) is 0 Å². The summed E-state index contributed by atoms with van der Waals surface area (Å²) < 4.78 is 11.1. The first-order valence-electron chi connectivity index (χ1n) is 17.7. The number of rotatable bonds is 8. The second-order valence-corrected chi connectivity index (χ2v) is 13.5. The third kappa shape index (κ3) is 7.88. The lowest BCUT2D eigenvalue weighted by Crippen LogP contribution is -2.52. The number of anilines is 1. The number of phenols is 2. The maximum Gasteiger partial charge on any atom is 0.274 e. The molecule has 14 heteroatoms. The summed E-state index contributed by atoms with van der Waals surface area (Å²) in [4.78, 5) is 51.8. The monoisotopic (exact) mass is 724 g/mol. The summed E-state index contributed by atoms with van der Waals surface area (Å²) in [7, 11) is 0. The van der Waals surface area contributed by atoms with Gasteiger partial charge in [-0.25, -0.2) is 0 Å². The van der Waals surface area contributed by atoms with Gasteiger partial charge in [-0.15, -0.1) is 0 Å². The molecule has 1 atom stereocenters. The van der Waals surface area contributed by atoms with Crippen LogP contribution < -0.4 is 16.4 Å². The highest BCUT2D eigenvalue weighted by atomic mass is 16.5. The number of piperidine rings is 1. The highest BCUT2D eigenvalue weighted by Crippen LogP contribution is 2.43. The van der Waals surface area contributed by atoms with E-state index in [1.165, 1.54) is 11.0 Å². The zero-order valence-corrected chi connectivity index (χ0v) is 30.0. The van der Waals surface area contributed by atoms with Gasteiger partial charge >= 0.3 is 0 Å². The number of nitrogen functional groups attached to an aromatic ring is 1. The Hall–Kier alpha value is -5.73. The van der Waals surface area contributed by atoms with Crippen molar-refractivity contribution in [2.45, 2.75) is 58.7 Å². The Kier molecular flexibility index (Phi) is 11.1. The molecule has 3 aliphatic rings. The first kappa shape index (κ1) is 37.0. The summed E-state index contributed by atoms with van der Waals surface area (Å²) in [5.74, 6) is -1.08. The van der Waals surface area contributed by atoms with E-state index in [9.17, 15) is 29.4 Å². The number of hydrogen-bond acceptors (Lipinski definition) is 11. The van der Waals surface area contributed by atoms with E-state index in [1.807, 2.05) is 45.0 Å². The van der Waals surface area contributed by atoms with Crippen LogP contribution in [0.15, 0.2) is 59.1 Å². The van der Waals surface area contributed by atoms with Crippen molar-refractivity contribution >= 4 is 29.3 Å². The lowest BCUT2D eigenvalue weighted by atomic mass is 9.94. The standard InChI is InChI=1S/C26H31N3O5.C13H13N3O3/c1-4-27-26(32)24-23(18-7-5-17(6-8-18)15-29-9-11-33-12-10-29)25(34-28-24)20-13-19(16(2)3)21(30)14-22(20)31;14-9-3-1-2-7-8(9)6-16(13(7)19)10-4-5-11(17)15-12(10)18/h5-8,13-14,16,30-31H,4,9-12,15H2,1-3H3,(H,27,32);1-3,10H,4-6,14H2,(H,15,17,18). The molecule has 6 N–H and O–H groups in total. The van der Waals surface area contributed by atoms with Crippen LogP contribution in [-0.4, -0.2) is 87.7 Å². The second-order valence-electron chi connectivity index (χ2n) is 13.5. The van der Waals surface area contributed by atoms with E-state index < -0.39 is 11.9 Å². The van der Waals surface area contributed by atoms with Crippen LogP contribution in [0, 0.1) is 0 Å². The van der Waals surface area contributed by atoms with Crippen molar-refractivity contribution in [2.75, 3.05) is 38.6 Å². The van der Waals surface area contributed by atoms with Crippen LogP contribution in [0.5, 0.6) is 11.5 Å². The molecular formula is C39H44N6O8. The van der Waals surface area contributed by atoms with Gasteiger partial charge in [0.2, 0.25) is 11.8 Å². The number of nitrogens with zero attached hydrogens (tertiary/aromatic N) is 3. The number of ether oxygens (including phenoxy) is 1. The molecule has 2 saturated heterocycles. The Bertz CT molecular complexity index is 2020. The van der Waals surface area contributed by atoms with Gasteiger partial charge in [0, 0.05) is 62.0 Å². The minimum Gasteiger partial charge on any atom is -0.508 e. The smallest absolute Gasteiger partial charge is 0.274 e. The minimum atomic E-state index is -0.586. The third-order valence-corrected chi connectivity index (χ3v) is 9.63. The number of hydrogen-bond donors (Lipinski definition) is 5. The maximum atomic E-state index is 12.8. The van der Waals surface area contributed by atoms with Gasteiger partial charge in [-0.2, -0.15) is 0 Å². The van der Waals surface area contributed by atoms with Crippen LogP contribution in [0.4, 0.5) is 5.69 Å². The number of nitrogens with one attached hydrogen (secondary N) is 2. The number of carbonyl (C=O) groups excluding carboxylic acids is 4. The summed E-state index contributed by atoms with van der Waals surface area (Å²) in [5.41, 5.74) is 11.3. The van der Waals surface area contributed by atoms with Gasteiger partial charge in [-0.3, -0.25) is 29.4 Å². The Morgan fingerprint density at radius 3 is 2.43 bits per heavy atom. The molecule has 7 rings (SSSR count). The van der Waals surface area contributed by atoms with E-state index in [4.69, 9.17) is 15.0 Å². The molecule has 53 heavy (non-hydrogen) atoms. The fraction of sp³-hybridized carbons (Fsp3) is 0.359. The highest BCUT2D eigenvalue weighted by molar-refractivity contribution is 6.06.